The first kappa shape index (κ1) is 16.5. The van der Waals surface area contributed by atoms with Gasteiger partial charge in [0.2, 0.25) is 9.84 Å². The molecule has 5 nitrogen and oxygen atoms in total. The van der Waals surface area contributed by atoms with Gasteiger partial charge >= 0.3 is 0 Å². The molecule has 0 unspecified atom stereocenters. The molecule has 0 bridgehead atoms. The fraction of sp³-hybridized carbons (Fsp3) is 0.0714. The second-order valence-corrected chi connectivity index (χ2v) is 7.17. The number of hydrogen-bond donors (Lipinski definition) is 2. The van der Waals surface area contributed by atoms with E-state index in [1.165, 1.54) is 43.5 Å². The van der Waals surface area contributed by atoms with Crippen LogP contribution in [0.1, 0.15) is 0 Å². The first-order chi connectivity index (χ1) is 10.3. The van der Waals surface area contributed by atoms with Crippen molar-refractivity contribution in [2.24, 2.45) is 5.73 Å². The Balaban J connectivity index is 2.54. The Morgan fingerprint density at radius 2 is 1.82 bits per heavy atom. The summed E-state index contributed by atoms with van der Waals surface area (Å²) in [6.07, 6.45) is 0. The summed E-state index contributed by atoms with van der Waals surface area (Å²) >= 11 is 10.5. The maximum absolute atomic E-state index is 12.7. The van der Waals surface area contributed by atoms with E-state index in [9.17, 15) is 8.42 Å². The average molecular weight is 357 g/mol. The summed E-state index contributed by atoms with van der Waals surface area (Å²) in [5.41, 5.74) is 5.85. The van der Waals surface area contributed by atoms with E-state index in [4.69, 9.17) is 34.3 Å². The van der Waals surface area contributed by atoms with Crippen molar-refractivity contribution in [3.05, 3.63) is 47.5 Å². The first-order valence-corrected chi connectivity index (χ1v) is 8.36. The number of halogens is 1. The van der Waals surface area contributed by atoms with Crippen LogP contribution in [0.15, 0.2) is 52.3 Å². The second kappa shape index (κ2) is 6.51. The van der Waals surface area contributed by atoms with Crippen LogP contribution < -0.4 is 15.8 Å². The molecule has 0 spiro atoms. The molecular formula is C14H13ClN2O3S2. The van der Waals surface area contributed by atoms with E-state index in [0.29, 0.717) is 16.5 Å². The lowest BCUT2D eigenvalue weighted by Gasteiger charge is -2.11. The quantitative estimate of drug-likeness (QED) is 0.820. The minimum Gasteiger partial charge on any atom is -0.497 e. The maximum Gasteiger partial charge on any atom is 0.206 e. The summed E-state index contributed by atoms with van der Waals surface area (Å²) in [6, 6.07) is 10.4. The van der Waals surface area contributed by atoms with Crippen LogP contribution in [0.2, 0.25) is 5.02 Å². The standard InChI is InChI=1S/C14H13ClN2O3S2/c1-20-11-6-10(17-14(16)21)7-13(8-11)22(18,19)12-4-2-9(15)3-5-12/h2-8H,1H3,(H3,16,17,21). The zero-order chi connectivity index (χ0) is 16.3. The highest BCUT2D eigenvalue weighted by Gasteiger charge is 2.19. The van der Waals surface area contributed by atoms with Gasteiger partial charge < -0.3 is 15.8 Å². The third kappa shape index (κ3) is 3.68. The third-order valence-electron chi connectivity index (χ3n) is 2.82. The van der Waals surface area contributed by atoms with Gasteiger partial charge in [-0.05, 0) is 48.6 Å². The average Bonchev–Trinajstić information content (AvgIpc) is 2.46. The van der Waals surface area contributed by atoms with Crippen molar-refractivity contribution in [3.8, 4) is 5.75 Å². The number of anilines is 1. The number of benzene rings is 2. The molecule has 0 aliphatic heterocycles. The van der Waals surface area contributed by atoms with E-state index in [1.807, 2.05) is 0 Å². The summed E-state index contributed by atoms with van der Waals surface area (Å²) in [4.78, 5) is 0.194. The number of nitrogens with one attached hydrogen (secondary N) is 1. The molecule has 3 N–H and O–H groups in total. The Labute approximate surface area is 139 Å². The Kier molecular flexibility index (Phi) is 4.90. The van der Waals surface area contributed by atoms with Gasteiger partial charge in [-0.15, -0.1) is 0 Å². The number of nitrogens with two attached hydrogens (primary N) is 1. The zero-order valence-electron chi connectivity index (χ0n) is 11.5. The molecule has 0 saturated carbocycles. The molecule has 8 heteroatoms. The van der Waals surface area contributed by atoms with Crippen LogP contribution in [0.4, 0.5) is 5.69 Å². The SMILES string of the molecule is COc1cc(NC(N)=S)cc(S(=O)(=O)c2ccc(Cl)cc2)c1. The molecule has 22 heavy (non-hydrogen) atoms. The number of hydrogen-bond acceptors (Lipinski definition) is 4. The molecule has 0 aromatic heterocycles. The molecule has 0 radical (unpaired) electrons. The van der Waals surface area contributed by atoms with Crippen molar-refractivity contribution < 1.29 is 13.2 Å². The summed E-state index contributed by atoms with van der Waals surface area (Å²) in [5, 5.41) is 3.19. The van der Waals surface area contributed by atoms with E-state index >= 15 is 0 Å². The Bertz CT molecular complexity index is 805. The van der Waals surface area contributed by atoms with E-state index in [1.54, 1.807) is 6.07 Å². The predicted molar refractivity (Wildman–Crippen MR) is 90.3 cm³/mol. The topological polar surface area (TPSA) is 81.4 Å². The highest BCUT2D eigenvalue weighted by molar-refractivity contribution is 7.91. The molecule has 2 aromatic rings. The van der Waals surface area contributed by atoms with Crippen LogP contribution in [0.25, 0.3) is 0 Å². The molecule has 0 aliphatic carbocycles. The number of ether oxygens (including phenoxy) is 1. The van der Waals surface area contributed by atoms with Gasteiger partial charge in [-0.25, -0.2) is 8.42 Å². The first-order valence-electron chi connectivity index (χ1n) is 6.09. The minimum absolute atomic E-state index is 0.0306. The van der Waals surface area contributed by atoms with Crippen molar-refractivity contribution in [1.29, 1.82) is 0 Å². The molecule has 2 rings (SSSR count). The fourth-order valence-corrected chi connectivity index (χ4v) is 3.37. The van der Waals surface area contributed by atoms with Crippen LogP contribution in [0.3, 0.4) is 0 Å². The molecule has 0 amide bonds. The molecule has 2 aromatic carbocycles. The molecule has 116 valence electrons. The second-order valence-electron chi connectivity index (χ2n) is 4.34. The lowest BCUT2D eigenvalue weighted by Crippen LogP contribution is -2.19. The largest absolute Gasteiger partial charge is 0.497 e. The third-order valence-corrected chi connectivity index (χ3v) is 4.92. The molecule has 0 heterocycles. The van der Waals surface area contributed by atoms with Crippen molar-refractivity contribution in [3.63, 3.8) is 0 Å². The van der Waals surface area contributed by atoms with Crippen LogP contribution in [-0.4, -0.2) is 20.6 Å². The predicted octanol–water partition coefficient (Wildman–Crippen LogP) is 2.84. The van der Waals surface area contributed by atoms with Gasteiger partial charge in [0.15, 0.2) is 5.11 Å². The normalized spacial score (nSPS) is 11.0. The van der Waals surface area contributed by atoms with Gasteiger partial charge in [0, 0.05) is 16.8 Å². The Morgan fingerprint density at radius 1 is 1.18 bits per heavy atom. The van der Waals surface area contributed by atoms with E-state index in [-0.39, 0.29) is 14.9 Å². The van der Waals surface area contributed by atoms with Crippen LogP contribution >= 0.6 is 23.8 Å². The molecule has 0 aliphatic rings. The van der Waals surface area contributed by atoms with Gasteiger partial charge in [-0.1, -0.05) is 11.6 Å². The number of thiocarbonyl (C=S) groups is 1. The Morgan fingerprint density at radius 3 is 2.36 bits per heavy atom. The van der Waals surface area contributed by atoms with E-state index in [2.05, 4.69) is 5.32 Å². The van der Waals surface area contributed by atoms with E-state index < -0.39 is 9.84 Å². The zero-order valence-corrected chi connectivity index (χ0v) is 13.9. The van der Waals surface area contributed by atoms with Crippen molar-refractivity contribution >= 4 is 44.5 Å². The molecular weight excluding hydrogens is 344 g/mol. The van der Waals surface area contributed by atoms with Crippen LogP contribution in [0.5, 0.6) is 5.75 Å². The number of rotatable bonds is 4. The summed E-state index contributed by atoms with van der Waals surface area (Å²) in [7, 11) is -2.27. The molecule has 0 fully saturated rings. The van der Waals surface area contributed by atoms with Gasteiger partial charge in [-0.2, -0.15) is 0 Å². The number of methoxy groups -OCH3 is 1. The van der Waals surface area contributed by atoms with Crippen molar-refractivity contribution in [1.82, 2.24) is 0 Å². The summed E-state index contributed by atoms with van der Waals surface area (Å²) in [6.45, 7) is 0. The monoisotopic (exact) mass is 356 g/mol. The fourth-order valence-electron chi connectivity index (χ4n) is 1.81. The number of sulfone groups is 1. The van der Waals surface area contributed by atoms with Gasteiger partial charge in [-0.3, -0.25) is 0 Å². The highest BCUT2D eigenvalue weighted by Crippen LogP contribution is 2.29. The minimum atomic E-state index is -3.71. The van der Waals surface area contributed by atoms with Gasteiger partial charge in [0.05, 0.1) is 16.9 Å². The smallest absolute Gasteiger partial charge is 0.206 e. The molecule has 0 atom stereocenters. The summed E-state index contributed by atoms with van der Waals surface area (Å²) < 4.78 is 30.4. The lowest BCUT2D eigenvalue weighted by atomic mass is 10.3. The summed E-state index contributed by atoms with van der Waals surface area (Å²) in [5.74, 6) is 0.369. The highest BCUT2D eigenvalue weighted by atomic mass is 35.5. The van der Waals surface area contributed by atoms with Crippen molar-refractivity contribution in [2.45, 2.75) is 9.79 Å². The van der Waals surface area contributed by atoms with Gasteiger partial charge in [0.25, 0.3) is 0 Å². The van der Waals surface area contributed by atoms with Crippen LogP contribution in [-0.2, 0) is 9.84 Å². The van der Waals surface area contributed by atoms with Gasteiger partial charge in [0.1, 0.15) is 5.75 Å². The van der Waals surface area contributed by atoms with Crippen LogP contribution in [0, 0.1) is 0 Å². The lowest BCUT2D eigenvalue weighted by molar-refractivity contribution is 0.413. The Hall–Kier alpha value is -1.83. The van der Waals surface area contributed by atoms with E-state index in [0.717, 1.165) is 0 Å². The molecule has 0 saturated heterocycles. The van der Waals surface area contributed by atoms with Crippen molar-refractivity contribution in [2.75, 3.05) is 12.4 Å². The maximum atomic E-state index is 12.7.